The molecule has 82 valence electrons. The Bertz CT molecular complexity index is 196. The summed E-state index contributed by atoms with van der Waals surface area (Å²) in [5, 5.41) is 0. The van der Waals surface area contributed by atoms with Gasteiger partial charge in [0.2, 0.25) is 11.8 Å². The highest BCUT2D eigenvalue weighted by Crippen LogP contribution is 1.97. The summed E-state index contributed by atoms with van der Waals surface area (Å²) in [4.78, 5) is 25.8. The van der Waals surface area contributed by atoms with Crippen molar-refractivity contribution in [2.45, 2.75) is 32.2 Å². The van der Waals surface area contributed by atoms with Gasteiger partial charge in [0.25, 0.3) is 0 Å². The summed E-state index contributed by atoms with van der Waals surface area (Å²) in [6.07, 6.45) is 1.90. The number of hydroxylamine groups is 1. The molecule has 14 heavy (non-hydrogen) atoms. The average molecular weight is 203 g/mol. The molecule has 0 fully saturated rings. The van der Waals surface area contributed by atoms with E-state index in [1.165, 1.54) is 0 Å². The number of amides is 2. The Morgan fingerprint density at radius 3 is 2.64 bits per heavy atom. The Morgan fingerprint density at radius 2 is 2.14 bits per heavy atom. The summed E-state index contributed by atoms with van der Waals surface area (Å²) in [5.74, 6) is -0.977. The van der Waals surface area contributed by atoms with Crippen LogP contribution in [-0.2, 0) is 14.4 Å². The first-order valence-electron chi connectivity index (χ1n) is 4.50. The van der Waals surface area contributed by atoms with E-state index in [0.717, 1.165) is 12.8 Å². The van der Waals surface area contributed by atoms with Crippen molar-refractivity contribution in [3.8, 4) is 0 Å². The van der Waals surface area contributed by atoms with Crippen LogP contribution in [0.3, 0.4) is 0 Å². The molecule has 0 radical (unpaired) electrons. The van der Waals surface area contributed by atoms with E-state index < -0.39 is 5.91 Å². The zero-order chi connectivity index (χ0) is 11.0. The molecular weight excluding hydrogens is 186 g/mol. The van der Waals surface area contributed by atoms with E-state index in [0.29, 0.717) is 0 Å². The number of hydrogen-bond donors (Lipinski definition) is 3. The predicted molar refractivity (Wildman–Crippen MR) is 50.8 cm³/mol. The summed E-state index contributed by atoms with van der Waals surface area (Å²) < 4.78 is 0. The molecule has 1 atom stereocenters. The molecule has 0 aliphatic heterocycles. The van der Waals surface area contributed by atoms with Gasteiger partial charge < -0.3 is 11.5 Å². The van der Waals surface area contributed by atoms with E-state index >= 15 is 0 Å². The van der Waals surface area contributed by atoms with Crippen LogP contribution in [0.4, 0.5) is 0 Å². The van der Waals surface area contributed by atoms with Crippen LogP contribution < -0.4 is 16.9 Å². The molecular formula is C8H17N3O3. The highest BCUT2D eigenvalue weighted by Gasteiger charge is 2.08. The molecule has 0 bridgehead atoms. The van der Waals surface area contributed by atoms with Crippen molar-refractivity contribution in [3.63, 3.8) is 0 Å². The van der Waals surface area contributed by atoms with Gasteiger partial charge in [0, 0.05) is 12.5 Å². The summed E-state index contributed by atoms with van der Waals surface area (Å²) >= 11 is 0. The van der Waals surface area contributed by atoms with Gasteiger partial charge in [-0.05, 0) is 6.42 Å². The molecule has 0 heterocycles. The quantitative estimate of drug-likeness (QED) is 0.463. The van der Waals surface area contributed by atoms with E-state index in [-0.39, 0.29) is 25.0 Å². The third-order valence-electron chi connectivity index (χ3n) is 1.51. The molecule has 0 aromatic rings. The fraction of sp³-hybridized carbons (Fsp3) is 0.750. The molecule has 0 spiro atoms. The van der Waals surface area contributed by atoms with Crippen molar-refractivity contribution in [1.29, 1.82) is 0 Å². The van der Waals surface area contributed by atoms with Crippen molar-refractivity contribution in [2.24, 2.45) is 11.5 Å². The zero-order valence-corrected chi connectivity index (χ0v) is 8.29. The Balaban J connectivity index is 3.50. The monoisotopic (exact) mass is 203 g/mol. The fourth-order valence-corrected chi connectivity index (χ4v) is 0.940. The summed E-state index contributed by atoms with van der Waals surface area (Å²) in [6.45, 7) is 1.66. The molecule has 0 rings (SSSR count). The zero-order valence-electron chi connectivity index (χ0n) is 8.29. The molecule has 0 aromatic heterocycles. The predicted octanol–water partition coefficient (Wildman–Crippen LogP) is -0.963. The lowest BCUT2D eigenvalue weighted by molar-refractivity contribution is -0.138. The van der Waals surface area contributed by atoms with Crippen LogP contribution >= 0.6 is 0 Å². The first-order valence-corrected chi connectivity index (χ1v) is 4.50. The first-order chi connectivity index (χ1) is 6.56. The molecule has 0 aliphatic carbocycles. The maximum absolute atomic E-state index is 11.0. The first kappa shape index (κ1) is 12.9. The lowest BCUT2D eigenvalue weighted by atomic mass is 10.1. The van der Waals surface area contributed by atoms with E-state index in [1.807, 2.05) is 6.92 Å². The standard InChI is InChI=1S/C8H17N3O3/c1-2-3-6(9)4-8(13)11-14-5-7(10)12/h6H,2-5,9H2,1H3,(H2,10,12)(H,11,13). The van der Waals surface area contributed by atoms with Gasteiger partial charge in [-0.25, -0.2) is 5.48 Å². The number of primary amides is 1. The SMILES string of the molecule is CCCC(N)CC(=O)NOCC(N)=O. The van der Waals surface area contributed by atoms with Crippen molar-refractivity contribution in [3.05, 3.63) is 0 Å². The number of nitrogens with two attached hydrogens (primary N) is 2. The van der Waals surface area contributed by atoms with Crippen molar-refractivity contribution < 1.29 is 14.4 Å². The molecule has 6 heteroatoms. The van der Waals surface area contributed by atoms with Gasteiger partial charge in [0.1, 0.15) is 0 Å². The Kier molecular flexibility index (Phi) is 6.69. The minimum absolute atomic E-state index is 0.169. The van der Waals surface area contributed by atoms with Crippen LogP contribution in [0.15, 0.2) is 0 Å². The van der Waals surface area contributed by atoms with Crippen LogP contribution in [0.1, 0.15) is 26.2 Å². The maximum atomic E-state index is 11.0. The highest BCUT2D eigenvalue weighted by molar-refractivity contribution is 5.77. The average Bonchev–Trinajstić information content (AvgIpc) is 2.03. The van der Waals surface area contributed by atoms with Gasteiger partial charge in [-0.1, -0.05) is 13.3 Å². The second-order valence-electron chi connectivity index (χ2n) is 3.03. The van der Waals surface area contributed by atoms with Crippen molar-refractivity contribution >= 4 is 11.8 Å². The van der Waals surface area contributed by atoms with E-state index in [2.05, 4.69) is 10.3 Å². The third-order valence-corrected chi connectivity index (χ3v) is 1.51. The second-order valence-corrected chi connectivity index (χ2v) is 3.03. The third kappa shape index (κ3) is 7.51. The van der Waals surface area contributed by atoms with Crippen LogP contribution in [0.5, 0.6) is 0 Å². The number of nitrogens with one attached hydrogen (secondary N) is 1. The lowest BCUT2D eigenvalue weighted by Gasteiger charge is -2.09. The summed E-state index contributed by atoms with van der Waals surface area (Å²) in [7, 11) is 0. The lowest BCUT2D eigenvalue weighted by Crippen LogP contribution is -2.33. The van der Waals surface area contributed by atoms with Crippen molar-refractivity contribution in [2.75, 3.05) is 6.61 Å². The minimum Gasteiger partial charge on any atom is -0.368 e. The molecule has 0 aromatic carbocycles. The minimum atomic E-state index is -0.636. The van der Waals surface area contributed by atoms with Crippen LogP contribution in [-0.4, -0.2) is 24.5 Å². The Hall–Kier alpha value is -1.14. The van der Waals surface area contributed by atoms with E-state index in [9.17, 15) is 9.59 Å². The van der Waals surface area contributed by atoms with Gasteiger partial charge in [-0.15, -0.1) is 0 Å². The molecule has 0 saturated heterocycles. The van der Waals surface area contributed by atoms with Crippen LogP contribution in [0.2, 0.25) is 0 Å². The molecule has 6 nitrogen and oxygen atoms in total. The van der Waals surface area contributed by atoms with Crippen molar-refractivity contribution in [1.82, 2.24) is 5.48 Å². The smallest absolute Gasteiger partial charge is 0.246 e. The second kappa shape index (κ2) is 7.28. The Morgan fingerprint density at radius 1 is 1.50 bits per heavy atom. The largest absolute Gasteiger partial charge is 0.368 e. The van der Waals surface area contributed by atoms with Crippen LogP contribution in [0, 0.1) is 0 Å². The topological polar surface area (TPSA) is 107 Å². The number of carbonyl (C=O) groups is 2. The van der Waals surface area contributed by atoms with Crippen LogP contribution in [0.25, 0.3) is 0 Å². The normalized spacial score (nSPS) is 12.1. The number of hydrogen-bond acceptors (Lipinski definition) is 4. The number of rotatable bonds is 7. The van der Waals surface area contributed by atoms with E-state index in [1.54, 1.807) is 0 Å². The summed E-state index contributed by atoms with van der Waals surface area (Å²) in [6, 6.07) is -0.169. The molecule has 1 unspecified atom stereocenters. The molecule has 0 saturated carbocycles. The highest BCUT2D eigenvalue weighted by atomic mass is 16.7. The van der Waals surface area contributed by atoms with Gasteiger partial charge in [0.15, 0.2) is 6.61 Å². The fourth-order valence-electron chi connectivity index (χ4n) is 0.940. The summed E-state index contributed by atoms with van der Waals surface area (Å²) in [5.41, 5.74) is 12.5. The maximum Gasteiger partial charge on any atom is 0.246 e. The molecule has 2 amide bonds. The van der Waals surface area contributed by atoms with Gasteiger partial charge in [0.05, 0.1) is 0 Å². The molecule has 0 aliphatic rings. The van der Waals surface area contributed by atoms with Gasteiger partial charge in [-0.3, -0.25) is 14.4 Å². The Labute approximate surface area is 82.9 Å². The van der Waals surface area contributed by atoms with Gasteiger partial charge >= 0.3 is 0 Å². The number of carbonyl (C=O) groups excluding carboxylic acids is 2. The molecule has 5 N–H and O–H groups in total. The van der Waals surface area contributed by atoms with Gasteiger partial charge in [-0.2, -0.15) is 0 Å². The van der Waals surface area contributed by atoms with E-state index in [4.69, 9.17) is 11.5 Å².